The monoisotopic (exact) mass is 841 g/mol. The zero-order valence-electron chi connectivity index (χ0n) is 35.5. The molecular weight excluding hydrogens is 787 g/mol. The number of piperazine rings is 1. The Hall–Kier alpha value is -5.97. The molecule has 0 aliphatic carbocycles. The first-order chi connectivity index (χ1) is 30.1. The Kier molecular flexibility index (Phi) is 11.9. The molecule has 7 heterocycles. The number of anilines is 1. The quantitative estimate of drug-likeness (QED) is 0.0754. The van der Waals surface area contributed by atoms with Crippen LogP contribution in [0.5, 0.6) is 11.5 Å². The van der Waals surface area contributed by atoms with Gasteiger partial charge in [-0.25, -0.2) is 14.6 Å². The van der Waals surface area contributed by atoms with Crippen LogP contribution in [0.2, 0.25) is 0 Å². The highest BCUT2D eigenvalue weighted by Gasteiger charge is 2.52. The predicted molar refractivity (Wildman–Crippen MR) is 240 cm³/mol. The smallest absolute Gasteiger partial charge is 0.457 e. The zero-order valence-corrected chi connectivity index (χ0v) is 35.5. The van der Waals surface area contributed by atoms with E-state index in [9.17, 15) is 4.79 Å². The summed E-state index contributed by atoms with van der Waals surface area (Å²) in [6, 6.07) is 19.2. The SMILES string of the molecule is Cc1cc(C)n2c1C=C1C=CC(CCCNCCN3CCN(C/C=C/C(=O)N4CCC[C@H](n5nc(-c6ccc(Oc7ccccc7)cc6)c6c(N)ncnc65)C4)CC3)=[N+]1[B-]2(F)F. The molecule has 3 N–H and O–H groups in total. The van der Waals surface area contributed by atoms with E-state index in [2.05, 4.69) is 25.1 Å². The third-order valence-electron chi connectivity index (χ3n) is 12.6. The molecule has 2 fully saturated rings. The fraction of sp³-hybridized carbons (Fsp3) is 0.370. The van der Waals surface area contributed by atoms with Crippen molar-refractivity contribution in [1.29, 1.82) is 0 Å². The number of allylic oxidation sites excluding steroid dienone is 2. The summed E-state index contributed by atoms with van der Waals surface area (Å²) in [5.41, 5.74) is 12.0. The molecule has 0 spiro atoms. The van der Waals surface area contributed by atoms with Gasteiger partial charge < -0.3 is 38.3 Å². The number of nitrogens with one attached hydrogen (secondary N) is 1. The maximum Gasteiger partial charge on any atom is 0.737 e. The zero-order chi connectivity index (χ0) is 42.8. The number of carbonyl (C=O) groups is 1. The van der Waals surface area contributed by atoms with Gasteiger partial charge in [0.1, 0.15) is 35.0 Å². The number of fused-ring (bicyclic) bond motifs is 3. The van der Waals surface area contributed by atoms with Crippen molar-refractivity contribution in [2.75, 3.05) is 71.2 Å². The first-order valence-corrected chi connectivity index (χ1v) is 21.8. The summed E-state index contributed by atoms with van der Waals surface area (Å²) in [6.45, 7) is 8.01. The van der Waals surface area contributed by atoms with Crippen LogP contribution in [0.15, 0.2) is 97.0 Å². The Bertz CT molecular complexity index is 2560. The number of aryl methyl sites for hydroxylation is 2. The van der Waals surface area contributed by atoms with Crippen LogP contribution >= 0.6 is 0 Å². The predicted octanol–water partition coefficient (Wildman–Crippen LogP) is 6.29. The number of likely N-dealkylation sites (tertiary alicyclic amines) is 1. The summed E-state index contributed by atoms with van der Waals surface area (Å²) in [4.78, 5) is 29.1. The third kappa shape index (κ3) is 8.46. The molecule has 5 aromatic rings. The second-order valence-electron chi connectivity index (χ2n) is 16.7. The lowest BCUT2D eigenvalue weighted by atomic mass is 9.90. The summed E-state index contributed by atoms with van der Waals surface area (Å²) in [5, 5.41) is 9.26. The van der Waals surface area contributed by atoms with Gasteiger partial charge in [0.2, 0.25) is 5.91 Å². The van der Waals surface area contributed by atoms with Crippen molar-refractivity contribution in [2.45, 2.75) is 45.6 Å². The van der Waals surface area contributed by atoms with Gasteiger partial charge in [-0.05, 0) is 93.4 Å². The van der Waals surface area contributed by atoms with Crippen molar-refractivity contribution in [3.63, 3.8) is 0 Å². The number of carbonyl (C=O) groups excluding carboxylic acids is 1. The Morgan fingerprint density at radius 1 is 0.984 bits per heavy atom. The van der Waals surface area contributed by atoms with Crippen molar-refractivity contribution in [2.24, 2.45) is 0 Å². The Morgan fingerprint density at radius 2 is 1.76 bits per heavy atom. The van der Waals surface area contributed by atoms with E-state index in [0.717, 1.165) is 88.5 Å². The maximum atomic E-state index is 15.7. The molecule has 2 aromatic carbocycles. The first-order valence-electron chi connectivity index (χ1n) is 21.8. The minimum absolute atomic E-state index is 0.00397. The highest BCUT2D eigenvalue weighted by atomic mass is 19.2. The average molecular weight is 842 g/mol. The van der Waals surface area contributed by atoms with Gasteiger partial charge in [0.05, 0.1) is 11.4 Å². The van der Waals surface area contributed by atoms with Crippen molar-refractivity contribution >= 4 is 41.5 Å². The van der Waals surface area contributed by atoms with E-state index in [4.69, 9.17) is 15.6 Å². The summed E-state index contributed by atoms with van der Waals surface area (Å²) in [6.07, 6.45) is 13.8. The lowest BCUT2D eigenvalue weighted by Crippen LogP contribution is -2.50. The van der Waals surface area contributed by atoms with Crippen LogP contribution in [0.3, 0.4) is 0 Å². The van der Waals surface area contributed by atoms with E-state index in [-0.39, 0.29) is 11.9 Å². The van der Waals surface area contributed by atoms with Gasteiger partial charge in [-0.2, -0.15) is 5.10 Å². The van der Waals surface area contributed by atoms with E-state index in [1.54, 1.807) is 13.0 Å². The van der Waals surface area contributed by atoms with Crippen LogP contribution in [-0.2, 0) is 4.79 Å². The lowest BCUT2D eigenvalue weighted by Gasteiger charge is -2.34. The van der Waals surface area contributed by atoms with Gasteiger partial charge in [0.15, 0.2) is 11.3 Å². The number of rotatable bonds is 14. The van der Waals surface area contributed by atoms with Gasteiger partial charge in [-0.3, -0.25) is 14.6 Å². The molecule has 16 heteroatoms. The molecule has 3 aromatic heterocycles. The Balaban J connectivity index is 0.716. The Morgan fingerprint density at radius 3 is 2.56 bits per heavy atom. The van der Waals surface area contributed by atoms with Crippen molar-refractivity contribution in [3.05, 3.63) is 114 Å². The number of halogens is 2. The Labute approximate surface area is 360 Å². The molecule has 9 rings (SSSR count). The number of nitrogens with zero attached hydrogens (tertiary/aromatic N) is 9. The van der Waals surface area contributed by atoms with E-state index in [1.807, 2.05) is 101 Å². The largest absolute Gasteiger partial charge is 0.737 e. The highest BCUT2D eigenvalue weighted by Crippen LogP contribution is 2.36. The molecule has 0 unspecified atom stereocenters. The third-order valence-corrected chi connectivity index (χ3v) is 12.6. The number of amides is 1. The molecule has 1 atom stereocenters. The number of hydrogen-bond acceptors (Lipinski definition) is 9. The summed E-state index contributed by atoms with van der Waals surface area (Å²) in [5.74, 6) is 1.84. The van der Waals surface area contributed by atoms with Crippen molar-refractivity contribution in [1.82, 2.24) is 44.2 Å². The van der Waals surface area contributed by atoms with Crippen molar-refractivity contribution in [3.8, 4) is 22.8 Å². The molecule has 4 aliphatic heterocycles. The number of benzene rings is 2. The number of ether oxygens (including phenoxy) is 1. The van der Waals surface area contributed by atoms with Crippen molar-refractivity contribution < 1.29 is 22.6 Å². The van der Waals surface area contributed by atoms with Crippen LogP contribution in [0, 0.1) is 13.8 Å². The highest BCUT2D eigenvalue weighted by molar-refractivity contribution is 6.58. The molecular formula is C46H54BF2N11O2. The van der Waals surface area contributed by atoms with Gasteiger partial charge >= 0.3 is 6.97 Å². The van der Waals surface area contributed by atoms with Crippen LogP contribution < -0.4 is 15.8 Å². The number of hydrogen-bond donors (Lipinski definition) is 2. The van der Waals surface area contributed by atoms with E-state index < -0.39 is 6.97 Å². The van der Waals surface area contributed by atoms with E-state index in [0.29, 0.717) is 70.6 Å². The summed E-state index contributed by atoms with van der Waals surface area (Å²) < 4.78 is 41.8. The summed E-state index contributed by atoms with van der Waals surface area (Å²) >= 11 is 0. The fourth-order valence-corrected chi connectivity index (χ4v) is 9.37. The van der Waals surface area contributed by atoms with Crippen LogP contribution in [-0.4, -0.2) is 127 Å². The maximum absolute atomic E-state index is 15.7. The van der Waals surface area contributed by atoms with Gasteiger partial charge in [-0.1, -0.05) is 24.3 Å². The second-order valence-corrected chi connectivity index (χ2v) is 16.7. The minimum Gasteiger partial charge on any atom is -0.457 e. The van der Waals surface area contributed by atoms with Crippen LogP contribution in [0.25, 0.3) is 28.4 Å². The fourth-order valence-electron chi connectivity index (χ4n) is 9.37. The minimum atomic E-state index is -3.91. The van der Waals surface area contributed by atoms with Gasteiger partial charge in [0.25, 0.3) is 0 Å². The number of piperidine rings is 1. The molecule has 0 radical (unpaired) electrons. The lowest BCUT2D eigenvalue weighted by molar-refractivity contribution is -0.362. The summed E-state index contributed by atoms with van der Waals surface area (Å²) in [7, 11) is 0. The molecule has 0 saturated carbocycles. The van der Waals surface area contributed by atoms with Gasteiger partial charge in [-0.15, -0.1) is 0 Å². The first kappa shape index (κ1) is 41.4. The van der Waals surface area contributed by atoms with E-state index in [1.165, 1.54) is 15.3 Å². The molecule has 13 nitrogen and oxygen atoms in total. The molecule has 1 amide bonds. The molecule has 2 saturated heterocycles. The van der Waals surface area contributed by atoms with E-state index >= 15 is 8.63 Å². The van der Waals surface area contributed by atoms with Crippen LogP contribution in [0.4, 0.5) is 14.4 Å². The number of aromatic nitrogens is 5. The molecule has 62 heavy (non-hydrogen) atoms. The second kappa shape index (κ2) is 17.8. The number of nitrogen functional groups attached to an aromatic ring is 1. The molecule has 4 aliphatic rings. The topological polar surface area (TPSA) is 126 Å². The average Bonchev–Trinajstić information content (AvgIpc) is 3.97. The normalized spacial score (nSPS) is 19.1. The molecule has 322 valence electrons. The van der Waals surface area contributed by atoms with Gasteiger partial charge in [0, 0.05) is 101 Å². The number of para-hydroxylation sites is 1. The molecule has 0 bridgehead atoms. The van der Waals surface area contributed by atoms with Crippen LogP contribution in [0.1, 0.15) is 48.7 Å². The number of nitrogens with two attached hydrogens (primary N) is 1. The standard InChI is InChI=1S/C46H54BF2N11O2/c1-33-29-34(2)58-41(33)30-37-17-16-36(59(37)47(58,48)49)9-6-20-51-21-24-56-27-25-55(26-28-56)22-8-13-42(61)57-23-7-10-38(31-57)60-46-43(45(50)52-32-53-46)44(54-60)35-14-18-40(19-15-35)62-39-11-4-3-5-12-39/h3-5,8,11-19,29-30,32,38,51H,6-7,9-10,20-28,31H2,1-2H3,(H2,50,52,53)/b13-8+/t38-/m0/s1.